The summed E-state index contributed by atoms with van der Waals surface area (Å²) in [5.41, 5.74) is 0. The SMILES string of the molecule is CNS(=O)(=O)c1ccc(N2CC[NH+](CCO)CC2)[nH+]c1. The minimum Gasteiger partial charge on any atom is -0.391 e. The lowest BCUT2D eigenvalue weighted by atomic mass is 10.3. The van der Waals surface area contributed by atoms with E-state index in [-0.39, 0.29) is 11.5 Å². The Morgan fingerprint density at radius 1 is 1.40 bits per heavy atom. The normalized spacial score (nSPS) is 17.4. The van der Waals surface area contributed by atoms with Gasteiger partial charge in [0.15, 0.2) is 0 Å². The van der Waals surface area contributed by atoms with Crippen molar-refractivity contribution < 1.29 is 23.4 Å². The monoisotopic (exact) mass is 302 g/mol. The number of hydrogen-bond acceptors (Lipinski definition) is 4. The first-order valence-electron chi connectivity index (χ1n) is 6.71. The number of H-pyrrole nitrogens is 1. The molecule has 112 valence electrons. The Balaban J connectivity index is 2.01. The van der Waals surface area contributed by atoms with E-state index < -0.39 is 10.0 Å². The van der Waals surface area contributed by atoms with Crippen LogP contribution in [0, 0.1) is 0 Å². The number of aliphatic hydroxyl groups excluding tert-OH is 1. The Morgan fingerprint density at radius 3 is 2.60 bits per heavy atom. The summed E-state index contributed by atoms with van der Waals surface area (Å²) in [6, 6.07) is 3.39. The van der Waals surface area contributed by atoms with Gasteiger partial charge in [-0.2, -0.15) is 0 Å². The third kappa shape index (κ3) is 3.45. The van der Waals surface area contributed by atoms with E-state index in [0.29, 0.717) is 0 Å². The van der Waals surface area contributed by atoms with Crippen molar-refractivity contribution >= 4 is 15.8 Å². The van der Waals surface area contributed by atoms with Gasteiger partial charge in [-0.25, -0.2) is 18.1 Å². The summed E-state index contributed by atoms with van der Waals surface area (Å²) >= 11 is 0. The summed E-state index contributed by atoms with van der Waals surface area (Å²) < 4.78 is 25.6. The van der Waals surface area contributed by atoms with Crippen LogP contribution in [-0.4, -0.2) is 59.9 Å². The first-order chi connectivity index (χ1) is 9.56. The van der Waals surface area contributed by atoms with Gasteiger partial charge in [0.2, 0.25) is 10.0 Å². The fourth-order valence-corrected chi connectivity index (χ4v) is 3.05. The predicted octanol–water partition coefficient (Wildman–Crippen LogP) is -2.89. The van der Waals surface area contributed by atoms with Crippen molar-refractivity contribution in [3.05, 3.63) is 18.3 Å². The van der Waals surface area contributed by atoms with Gasteiger partial charge in [-0.1, -0.05) is 0 Å². The zero-order chi connectivity index (χ0) is 14.6. The number of aliphatic hydroxyl groups is 1. The van der Waals surface area contributed by atoms with Crippen molar-refractivity contribution in [3.8, 4) is 0 Å². The van der Waals surface area contributed by atoms with Crippen LogP contribution in [0.5, 0.6) is 0 Å². The molecule has 1 aliphatic rings. The second kappa shape index (κ2) is 6.49. The Morgan fingerprint density at radius 2 is 2.10 bits per heavy atom. The third-order valence-corrected chi connectivity index (χ3v) is 5.04. The molecule has 4 N–H and O–H groups in total. The van der Waals surface area contributed by atoms with Crippen LogP contribution in [-0.2, 0) is 10.0 Å². The molecule has 0 saturated carbocycles. The molecule has 1 fully saturated rings. The van der Waals surface area contributed by atoms with E-state index >= 15 is 0 Å². The van der Waals surface area contributed by atoms with Crippen molar-refractivity contribution in [2.24, 2.45) is 0 Å². The third-order valence-electron chi connectivity index (χ3n) is 3.62. The maximum Gasteiger partial charge on any atom is 0.274 e. The highest BCUT2D eigenvalue weighted by Gasteiger charge is 2.26. The summed E-state index contributed by atoms with van der Waals surface area (Å²) in [5.74, 6) is 0.920. The van der Waals surface area contributed by atoms with Crippen LogP contribution >= 0.6 is 0 Å². The first kappa shape index (κ1) is 15.2. The molecule has 0 aromatic carbocycles. The number of pyridine rings is 1. The molecular formula is C12H22N4O3S+2. The van der Waals surface area contributed by atoms with Crippen molar-refractivity contribution in [3.63, 3.8) is 0 Å². The van der Waals surface area contributed by atoms with Gasteiger partial charge >= 0.3 is 0 Å². The molecule has 0 amide bonds. The number of aromatic amines is 1. The quantitative estimate of drug-likeness (QED) is 0.545. The summed E-state index contributed by atoms with van der Waals surface area (Å²) in [4.78, 5) is 6.86. The number of anilines is 1. The molecule has 2 rings (SSSR count). The summed E-state index contributed by atoms with van der Waals surface area (Å²) in [5, 5.41) is 8.93. The second-order valence-electron chi connectivity index (χ2n) is 4.83. The van der Waals surface area contributed by atoms with Crippen molar-refractivity contribution in [1.82, 2.24) is 4.72 Å². The summed E-state index contributed by atoms with van der Waals surface area (Å²) in [7, 11) is -2.00. The topological polar surface area (TPSA) is 88.2 Å². The van der Waals surface area contributed by atoms with Crippen LogP contribution in [0.2, 0.25) is 0 Å². The highest BCUT2D eigenvalue weighted by molar-refractivity contribution is 7.89. The van der Waals surface area contributed by atoms with E-state index in [9.17, 15) is 8.42 Å². The highest BCUT2D eigenvalue weighted by Crippen LogP contribution is 2.10. The number of hydrogen-bond donors (Lipinski definition) is 3. The molecule has 8 heteroatoms. The number of piperazine rings is 1. The molecule has 0 unspecified atom stereocenters. The minimum absolute atomic E-state index is 0.220. The van der Waals surface area contributed by atoms with Gasteiger partial charge in [0.25, 0.3) is 5.82 Å². The molecule has 20 heavy (non-hydrogen) atoms. The van der Waals surface area contributed by atoms with Crippen LogP contribution in [0.15, 0.2) is 23.2 Å². The molecule has 0 atom stereocenters. The number of quaternary nitrogens is 1. The van der Waals surface area contributed by atoms with E-state index in [1.165, 1.54) is 18.1 Å². The molecule has 2 heterocycles. The Labute approximate surface area is 119 Å². The van der Waals surface area contributed by atoms with Gasteiger partial charge in [-0.3, -0.25) is 4.90 Å². The standard InChI is InChI=1S/C12H20N4O3S/c1-13-20(18,19)11-2-3-12(14-10-11)16-6-4-15(5-7-16)8-9-17/h2-3,10,13,17H,4-9H2,1H3/p+2. The Bertz CT molecular complexity index is 524. The average molecular weight is 302 g/mol. The summed E-state index contributed by atoms with van der Waals surface area (Å²) in [6.07, 6.45) is 1.51. The van der Waals surface area contributed by atoms with E-state index in [2.05, 4.69) is 14.6 Å². The Hall–Kier alpha value is -1.22. The molecule has 1 aromatic heterocycles. The lowest BCUT2D eigenvalue weighted by molar-refractivity contribution is -0.901. The number of nitrogens with zero attached hydrogens (tertiary/aromatic N) is 1. The van der Waals surface area contributed by atoms with E-state index in [0.717, 1.165) is 38.5 Å². The van der Waals surface area contributed by atoms with E-state index in [4.69, 9.17) is 5.11 Å². The highest BCUT2D eigenvalue weighted by atomic mass is 32.2. The van der Waals surface area contributed by atoms with Crippen LogP contribution in [0.3, 0.4) is 0 Å². The molecule has 0 aliphatic carbocycles. The molecule has 1 saturated heterocycles. The van der Waals surface area contributed by atoms with E-state index in [1.807, 2.05) is 0 Å². The predicted molar refractivity (Wildman–Crippen MR) is 74.1 cm³/mol. The van der Waals surface area contributed by atoms with Crippen LogP contribution in [0.25, 0.3) is 0 Å². The molecule has 0 spiro atoms. The molecular weight excluding hydrogens is 280 g/mol. The van der Waals surface area contributed by atoms with Gasteiger partial charge in [-0.05, 0) is 13.1 Å². The van der Waals surface area contributed by atoms with Gasteiger partial charge in [0, 0.05) is 6.07 Å². The van der Waals surface area contributed by atoms with Crippen molar-refractivity contribution in [2.45, 2.75) is 4.90 Å². The maximum atomic E-state index is 11.6. The fourth-order valence-electron chi connectivity index (χ4n) is 2.36. The van der Waals surface area contributed by atoms with Crippen molar-refractivity contribution in [2.75, 3.05) is 51.3 Å². The lowest BCUT2D eigenvalue weighted by Crippen LogP contribution is -3.15. The van der Waals surface area contributed by atoms with Crippen LogP contribution in [0.4, 0.5) is 5.82 Å². The van der Waals surface area contributed by atoms with Gasteiger partial charge in [0.1, 0.15) is 43.8 Å². The zero-order valence-corrected chi connectivity index (χ0v) is 12.4. The number of sulfonamides is 1. The summed E-state index contributed by atoms with van der Waals surface area (Å²) in [6.45, 7) is 4.75. The molecule has 0 bridgehead atoms. The number of aromatic nitrogens is 1. The van der Waals surface area contributed by atoms with Crippen LogP contribution in [0.1, 0.15) is 0 Å². The number of rotatable bonds is 5. The minimum atomic E-state index is -3.39. The van der Waals surface area contributed by atoms with Gasteiger partial charge in [0.05, 0.1) is 6.61 Å². The number of nitrogens with one attached hydrogen (secondary N) is 3. The largest absolute Gasteiger partial charge is 0.391 e. The smallest absolute Gasteiger partial charge is 0.274 e. The molecule has 1 aliphatic heterocycles. The molecule has 1 aromatic rings. The fraction of sp³-hybridized carbons (Fsp3) is 0.583. The van der Waals surface area contributed by atoms with E-state index in [1.54, 1.807) is 12.1 Å². The van der Waals surface area contributed by atoms with Gasteiger partial charge in [-0.15, -0.1) is 0 Å². The molecule has 7 nitrogen and oxygen atoms in total. The zero-order valence-electron chi connectivity index (χ0n) is 11.6. The maximum absolute atomic E-state index is 11.6. The average Bonchev–Trinajstić information content (AvgIpc) is 2.48. The lowest BCUT2D eigenvalue weighted by Gasteiger charge is -2.27. The van der Waals surface area contributed by atoms with Gasteiger partial charge < -0.3 is 10.0 Å². The van der Waals surface area contributed by atoms with Crippen molar-refractivity contribution in [1.29, 1.82) is 0 Å². The Kier molecular flexibility index (Phi) is 4.92. The molecule has 0 radical (unpaired) electrons. The van der Waals surface area contributed by atoms with Crippen LogP contribution < -0.4 is 19.5 Å². The second-order valence-corrected chi connectivity index (χ2v) is 6.71. The first-order valence-corrected chi connectivity index (χ1v) is 8.20.